The molecule has 1 heterocycles. The first-order valence-corrected chi connectivity index (χ1v) is 6.88. The number of rotatable bonds is 4. The molecule has 1 aliphatic rings. The number of piperidine rings is 1. The average molecular weight is 271 g/mol. The smallest absolute Gasteiger partial charge is 0.142 e. The largest absolute Gasteiger partial charge is 0.319 e. The van der Waals surface area contributed by atoms with Crippen molar-refractivity contribution in [3.8, 4) is 0 Å². The van der Waals surface area contributed by atoms with Gasteiger partial charge in [0, 0.05) is 13.1 Å². The molecule has 1 atom stereocenters. The number of hydrogen-bond donors (Lipinski definition) is 1. The van der Waals surface area contributed by atoms with Crippen LogP contribution in [0.1, 0.15) is 18.4 Å². The summed E-state index contributed by atoms with van der Waals surface area (Å²) in [7, 11) is 1.99. The van der Waals surface area contributed by atoms with E-state index in [-0.39, 0.29) is 10.8 Å². The van der Waals surface area contributed by atoms with E-state index < -0.39 is 0 Å². The second kappa shape index (κ2) is 6.50. The third-order valence-corrected chi connectivity index (χ3v) is 3.94. The Hall–Kier alpha value is -0.640. The summed E-state index contributed by atoms with van der Waals surface area (Å²) in [6.07, 6.45) is 2.48. The third kappa shape index (κ3) is 3.44. The van der Waals surface area contributed by atoms with Gasteiger partial charge in [-0.2, -0.15) is 0 Å². The van der Waals surface area contributed by atoms with Gasteiger partial charge in [-0.15, -0.1) is 0 Å². The van der Waals surface area contributed by atoms with Gasteiger partial charge in [-0.1, -0.05) is 23.7 Å². The fourth-order valence-electron chi connectivity index (χ4n) is 2.66. The Bertz CT molecular complexity index is 395. The summed E-state index contributed by atoms with van der Waals surface area (Å²) >= 11 is 6.00. The predicted molar refractivity (Wildman–Crippen MR) is 73.3 cm³/mol. The minimum atomic E-state index is -0.321. The van der Waals surface area contributed by atoms with Crippen LogP contribution < -0.4 is 5.32 Å². The Kier molecular flexibility index (Phi) is 4.98. The van der Waals surface area contributed by atoms with Gasteiger partial charge in [0.2, 0.25) is 0 Å². The zero-order valence-corrected chi connectivity index (χ0v) is 11.5. The van der Waals surface area contributed by atoms with Crippen molar-refractivity contribution < 1.29 is 4.39 Å². The monoisotopic (exact) mass is 270 g/mol. The van der Waals surface area contributed by atoms with Gasteiger partial charge < -0.3 is 5.32 Å². The molecule has 2 rings (SSSR count). The van der Waals surface area contributed by atoms with Crippen LogP contribution in [0.5, 0.6) is 0 Å². The number of halogens is 2. The number of likely N-dealkylation sites (tertiary alicyclic amines) is 1. The number of nitrogens with zero attached hydrogens (tertiary/aromatic N) is 1. The van der Waals surface area contributed by atoms with Crippen LogP contribution >= 0.6 is 11.6 Å². The van der Waals surface area contributed by atoms with Crippen molar-refractivity contribution in [1.82, 2.24) is 10.2 Å². The number of hydrogen-bond acceptors (Lipinski definition) is 2. The van der Waals surface area contributed by atoms with Gasteiger partial charge in [0.15, 0.2) is 0 Å². The summed E-state index contributed by atoms with van der Waals surface area (Å²) in [6, 6.07) is 5.05. The van der Waals surface area contributed by atoms with Gasteiger partial charge in [0.05, 0.1) is 5.02 Å². The lowest BCUT2D eigenvalue weighted by Gasteiger charge is -2.32. The summed E-state index contributed by atoms with van der Waals surface area (Å²) in [4.78, 5) is 2.37. The summed E-state index contributed by atoms with van der Waals surface area (Å²) < 4.78 is 13.4. The molecule has 1 unspecified atom stereocenters. The lowest BCUT2D eigenvalue weighted by atomic mass is 9.97. The van der Waals surface area contributed by atoms with Gasteiger partial charge in [-0.25, -0.2) is 4.39 Å². The molecule has 0 saturated carbocycles. The topological polar surface area (TPSA) is 15.3 Å². The highest BCUT2D eigenvalue weighted by Crippen LogP contribution is 2.23. The van der Waals surface area contributed by atoms with E-state index in [9.17, 15) is 4.39 Å². The second-order valence-electron chi connectivity index (χ2n) is 5.01. The van der Waals surface area contributed by atoms with E-state index in [4.69, 9.17) is 11.6 Å². The summed E-state index contributed by atoms with van der Waals surface area (Å²) in [5.41, 5.74) is 0.891. The van der Waals surface area contributed by atoms with Crippen LogP contribution in [0.2, 0.25) is 5.02 Å². The first-order chi connectivity index (χ1) is 8.70. The molecule has 2 nitrogen and oxygen atoms in total. The zero-order chi connectivity index (χ0) is 13.0. The van der Waals surface area contributed by atoms with E-state index in [1.54, 1.807) is 6.07 Å². The van der Waals surface area contributed by atoms with Gasteiger partial charge in [-0.3, -0.25) is 4.90 Å². The Morgan fingerprint density at radius 2 is 2.33 bits per heavy atom. The fourth-order valence-corrected chi connectivity index (χ4v) is 2.85. The molecule has 1 N–H and O–H groups in total. The Labute approximate surface area is 113 Å². The highest BCUT2D eigenvalue weighted by molar-refractivity contribution is 6.31. The SMILES string of the molecule is CNCC1CCCN(Cc2cccc(F)c2Cl)C1. The van der Waals surface area contributed by atoms with Crippen LogP contribution in [-0.4, -0.2) is 31.6 Å². The molecule has 1 aliphatic heterocycles. The van der Waals surface area contributed by atoms with Crippen molar-refractivity contribution in [1.29, 1.82) is 0 Å². The van der Waals surface area contributed by atoms with Gasteiger partial charge in [0.1, 0.15) is 5.82 Å². The highest BCUT2D eigenvalue weighted by Gasteiger charge is 2.20. The van der Waals surface area contributed by atoms with Crippen LogP contribution in [0.15, 0.2) is 18.2 Å². The maximum absolute atomic E-state index is 13.4. The van der Waals surface area contributed by atoms with Gasteiger partial charge in [-0.05, 0) is 50.5 Å². The van der Waals surface area contributed by atoms with Crippen LogP contribution in [0.4, 0.5) is 4.39 Å². The molecule has 1 aromatic carbocycles. The van der Waals surface area contributed by atoms with E-state index in [1.807, 2.05) is 13.1 Å². The fraction of sp³-hybridized carbons (Fsp3) is 0.571. The van der Waals surface area contributed by atoms with Crippen LogP contribution in [-0.2, 0) is 6.54 Å². The first kappa shape index (κ1) is 13.8. The minimum absolute atomic E-state index is 0.272. The summed E-state index contributed by atoms with van der Waals surface area (Å²) in [6.45, 7) is 3.94. The Morgan fingerprint density at radius 1 is 1.50 bits per heavy atom. The van der Waals surface area contributed by atoms with E-state index in [0.717, 1.165) is 31.7 Å². The zero-order valence-electron chi connectivity index (χ0n) is 10.8. The molecule has 0 aliphatic carbocycles. The van der Waals surface area contributed by atoms with Crippen LogP contribution in [0, 0.1) is 11.7 Å². The first-order valence-electron chi connectivity index (χ1n) is 6.50. The number of nitrogens with one attached hydrogen (secondary N) is 1. The van der Waals surface area contributed by atoms with E-state index >= 15 is 0 Å². The van der Waals surface area contributed by atoms with Crippen molar-refractivity contribution in [2.24, 2.45) is 5.92 Å². The molecule has 0 bridgehead atoms. The summed E-state index contributed by atoms with van der Waals surface area (Å²) in [5.74, 6) is 0.369. The molecule has 0 amide bonds. The third-order valence-electron chi connectivity index (χ3n) is 3.52. The maximum Gasteiger partial charge on any atom is 0.142 e. The van der Waals surface area contributed by atoms with Crippen molar-refractivity contribution in [3.05, 3.63) is 34.6 Å². The Balaban J connectivity index is 1.98. The van der Waals surface area contributed by atoms with Gasteiger partial charge >= 0.3 is 0 Å². The molecule has 1 fully saturated rings. The quantitative estimate of drug-likeness (QED) is 0.905. The molecule has 0 spiro atoms. The molecule has 0 radical (unpaired) electrons. The Morgan fingerprint density at radius 3 is 3.11 bits per heavy atom. The predicted octanol–water partition coefficient (Wildman–Crippen LogP) is 2.91. The maximum atomic E-state index is 13.4. The normalized spacial score (nSPS) is 21.2. The molecular formula is C14H20ClFN2. The van der Waals surface area contributed by atoms with Crippen molar-refractivity contribution in [2.75, 3.05) is 26.7 Å². The molecule has 0 aromatic heterocycles. The summed E-state index contributed by atoms with van der Waals surface area (Å²) in [5, 5.41) is 3.50. The lowest BCUT2D eigenvalue weighted by molar-refractivity contribution is 0.166. The molecule has 4 heteroatoms. The van der Waals surface area contributed by atoms with Crippen LogP contribution in [0.3, 0.4) is 0 Å². The minimum Gasteiger partial charge on any atom is -0.319 e. The van der Waals surface area contributed by atoms with Crippen LogP contribution in [0.25, 0.3) is 0 Å². The molecular weight excluding hydrogens is 251 g/mol. The molecule has 18 heavy (non-hydrogen) atoms. The van der Waals surface area contributed by atoms with E-state index in [1.165, 1.54) is 18.9 Å². The number of benzene rings is 1. The highest BCUT2D eigenvalue weighted by atomic mass is 35.5. The van der Waals surface area contributed by atoms with Crippen molar-refractivity contribution in [2.45, 2.75) is 19.4 Å². The van der Waals surface area contributed by atoms with E-state index in [0.29, 0.717) is 5.92 Å². The standard InChI is InChI=1S/C14H20ClFN2/c1-17-8-11-4-3-7-18(9-11)10-12-5-2-6-13(16)14(12)15/h2,5-6,11,17H,3-4,7-10H2,1H3. The van der Waals surface area contributed by atoms with Gasteiger partial charge in [0.25, 0.3) is 0 Å². The second-order valence-corrected chi connectivity index (χ2v) is 5.39. The molecule has 100 valence electrons. The molecule has 1 saturated heterocycles. The average Bonchev–Trinajstić information content (AvgIpc) is 2.36. The van der Waals surface area contributed by atoms with Crippen molar-refractivity contribution >= 4 is 11.6 Å². The van der Waals surface area contributed by atoms with E-state index in [2.05, 4.69) is 10.2 Å². The van der Waals surface area contributed by atoms with Crippen molar-refractivity contribution in [3.63, 3.8) is 0 Å². The molecule has 1 aromatic rings. The lowest BCUT2D eigenvalue weighted by Crippen LogP contribution is -2.38.